The minimum Gasteiger partial charge on any atom is -0.308 e. The molecule has 0 aliphatic rings. The van der Waals surface area contributed by atoms with Crippen LogP contribution in [0.25, 0.3) is 0 Å². The van der Waals surface area contributed by atoms with E-state index in [-0.39, 0.29) is 58.9 Å². The summed E-state index contributed by atoms with van der Waals surface area (Å²) in [6.45, 7) is 26.8. The monoisotopic (exact) mass is 1170 g/mol. The zero-order valence-corrected chi connectivity index (χ0v) is 54.6. The molecule has 0 bridgehead atoms. The Morgan fingerprint density at radius 1 is 0.240 bits per heavy atom. The molecule has 0 heterocycles. The van der Waals surface area contributed by atoms with Gasteiger partial charge in [0.2, 0.25) is 0 Å². The second kappa shape index (κ2) is 46.3. The summed E-state index contributed by atoms with van der Waals surface area (Å²) >= 11 is 0. The third-order valence-electron chi connectivity index (χ3n) is 13.6. The maximum Gasteiger partial charge on any atom is 0.334 e. The van der Waals surface area contributed by atoms with E-state index in [1.807, 2.05) is 41.5 Å². The lowest BCUT2D eigenvalue weighted by Crippen LogP contribution is -2.32. The maximum absolute atomic E-state index is 15.9. The van der Waals surface area contributed by atoms with Crippen LogP contribution in [0.15, 0.2) is 0 Å². The standard InChI is InChI=1S/C55H117O15P5/c1-13-23-41-61-71(56,62-42-24-14-2)51(11)37-39-53(73(58,65-45-27-17-5)66-46-28-18-6)35-33-34-36-54(74(59,67-47-29-19-7)68-48-30-20-8)55(75(60,69-49-31-21-9)70-50-32-22-10)40-38-52(12)72(57,63-43-25-15-3)64-44-26-16-4/h51-55H,13-50H2,1-12H3. The quantitative estimate of drug-likeness (QED) is 0.0415. The molecule has 0 aromatic carbocycles. The zero-order chi connectivity index (χ0) is 56.3. The van der Waals surface area contributed by atoms with Gasteiger partial charge in [-0.25, -0.2) is 0 Å². The molecule has 15 nitrogen and oxygen atoms in total. The largest absolute Gasteiger partial charge is 0.334 e. The molecule has 0 aromatic rings. The highest BCUT2D eigenvalue weighted by atomic mass is 31.2. The van der Waals surface area contributed by atoms with Gasteiger partial charge in [-0.2, -0.15) is 0 Å². The summed E-state index contributed by atoms with van der Waals surface area (Å²) in [6, 6.07) is 0. The third kappa shape index (κ3) is 31.7. The van der Waals surface area contributed by atoms with Crippen LogP contribution >= 0.6 is 38.0 Å². The van der Waals surface area contributed by atoms with Crippen LogP contribution in [-0.2, 0) is 68.1 Å². The van der Waals surface area contributed by atoms with Crippen LogP contribution < -0.4 is 0 Å². The third-order valence-corrected chi connectivity index (χ3v) is 26.2. The molecule has 0 fully saturated rings. The van der Waals surface area contributed by atoms with Crippen molar-refractivity contribution in [2.24, 2.45) is 0 Å². The average molecular weight is 1170 g/mol. The van der Waals surface area contributed by atoms with E-state index < -0.39 is 66.3 Å². The first kappa shape index (κ1) is 75.8. The van der Waals surface area contributed by atoms with Gasteiger partial charge in [0.1, 0.15) is 0 Å². The molecule has 0 amide bonds. The van der Waals surface area contributed by atoms with E-state index >= 15 is 13.7 Å². The Bertz CT molecular complexity index is 1520. The molecule has 452 valence electrons. The molecule has 0 aliphatic carbocycles. The van der Waals surface area contributed by atoms with Gasteiger partial charge in [0.25, 0.3) is 0 Å². The Hall–Kier alpha value is 0.750. The van der Waals surface area contributed by atoms with Gasteiger partial charge in [0.15, 0.2) is 0 Å². The highest BCUT2D eigenvalue weighted by molar-refractivity contribution is 7.59. The number of hydrogen-bond acceptors (Lipinski definition) is 15. The Balaban J connectivity index is 7.82. The van der Waals surface area contributed by atoms with Gasteiger partial charge in [-0.1, -0.05) is 160 Å². The van der Waals surface area contributed by atoms with Crippen molar-refractivity contribution in [3.8, 4) is 0 Å². The molecule has 5 atom stereocenters. The highest BCUT2D eigenvalue weighted by Crippen LogP contribution is 2.68. The van der Waals surface area contributed by atoms with Crippen LogP contribution in [0.3, 0.4) is 0 Å². The number of unbranched alkanes of at least 4 members (excludes halogenated alkanes) is 11. The predicted octanol–water partition coefficient (Wildman–Crippen LogP) is 20.1. The van der Waals surface area contributed by atoms with E-state index in [0.29, 0.717) is 84.2 Å². The summed E-state index contributed by atoms with van der Waals surface area (Å²) in [4.78, 5) is 0. The Morgan fingerprint density at radius 3 is 0.720 bits per heavy atom. The second-order valence-corrected chi connectivity index (χ2v) is 32.3. The second-order valence-electron chi connectivity index (χ2n) is 20.5. The zero-order valence-electron chi connectivity index (χ0n) is 50.1. The lowest BCUT2D eigenvalue weighted by Gasteiger charge is -2.37. The summed E-state index contributed by atoms with van der Waals surface area (Å²) in [7, 11) is -19.1. The minimum atomic E-state index is -4.10. The molecule has 20 heteroatoms. The van der Waals surface area contributed by atoms with Crippen molar-refractivity contribution in [3.63, 3.8) is 0 Å². The van der Waals surface area contributed by atoms with Crippen LogP contribution in [0.5, 0.6) is 0 Å². The molecule has 0 saturated carbocycles. The fraction of sp³-hybridized carbons (Fsp3) is 1.00. The minimum absolute atomic E-state index is 0.171. The normalized spacial score (nSPS) is 15.1. The van der Waals surface area contributed by atoms with Gasteiger partial charge < -0.3 is 45.2 Å². The SMILES string of the molecule is CCCCOP(=O)(OCCCC)C(C)CCC(CCCCC(C(CCC(C)P(=O)(OCCCC)OCCCC)P(=O)(OCCCC)OCCCC)P(=O)(OCCCC)OCCCC)P(=O)(OCCCC)OCCCC. The molecule has 0 N–H and O–H groups in total. The summed E-state index contributed by atoms with van der Waals surface area (Å²) in [5, 5.41) is 0. The van der Waals surface area contributed by atoms with E-state index in [4.69, 9.17) is 45.2 Å². The van der Waals surface area contributed by atoms with Crippen LogP contribution in [0.1, 0.15) is 263 Å². The van der Waals surface area contributed by atoms with Gasteiger partial charge in [0.05, 0.1) is 94.4 Å². The van der Waals surface area contributed by atoms with E-state index in [1.165, 1.54) is 0 Å². The fourth-order valence-electron chi connectivity index (χ4n) is 8.13. The van der Waals surface area contributed by atoms with Crippen molar-refractivity contribution >= 4 is 38.0 Å². The molecule has 75 heavy (non-hydrogen) atoms. The van der Waals surface area contributed by atoms with Crippen molar-refractivity contribution in [1.29, 1.82) is 0 Å². The highest BCUT2D eigenvalue weighted by Gasteiger charge is 2.51. The Morgan fingerprint density at radius 2 is 0.453 bits per heavy atom. The fourth-order valence-corrected chi connectivity index (χ4v) is 19.5. The van der Waals surface area contributed by atoms with Crippen molar-refractivity contribution in [3.05, 3.63) is 0 Å². The van der Waals surface area contributed by atoms with Gasteiger partial charge in [-0.15, -0.1) is 0 Å². The molecule has 5 unspecified atom stereocenters. The van der Waals surface area contributed by atoms with E-state index in [2.05, 4.69) is 41.5 Å². The lowest BCUT2D eigenvalue weighted by molar-refractivity contribution is 0.172. The molecular formula is C55H117O15P5. The summed E-state index contributed by atoms with van der Waals surface area (Å²) in [6.07, 6.45) is 18.3. The first-order valence-electron chi connectivity index (χ1n) is 30.4. The summed E-state index contributed by atoms with van der Waals surface area (Å²) in [5.41, 5.74) is -3.50. The molecule has 0 rings (SSSR count). The molecule has 0 saturated heterocycles. The van der Waals surface area contributed by atoms with E-state index in [1.54, 1.807) is 0 Å². The van der Waals surface area contributed by atoms with Gasteiger partial charge in [-0.05, 0) is 103 Å². The van der Waals surface area contributed by atoms with Gasteiger partial charge in [0, 0.05) is 0 Å². The molecule has 0 radical (unpaired) electrons. The van der Waals surface area contributed by atoms with Crippen LogP contribution in [0.4, 0.5) is 0 Å². The Kier molecular flexibility index (Phi) is 46.7. The lowest BCUT2D eigenvalue weighted by atomic mass is 10.0. The predicted molar refractivity (Wildman–Crippen MR) is 314 cm³/mol. The maximum atomic E-state index is 15.9. The van der Waals surface area contributed by atoms with Crippen LogP contribution in [-0.4, -0.2) is 94.4 Å². The summed E-state index contributed by atoms with van der Waals surface area (Å²) < 4.78 is 139. The molecule has 0 aliphatic heterocycles. The molecule has 0 spiro atoms. The molecular weight excluding hydrogens is 1060 g/mol. The van der Waals surface area contributed by atoms with Crippen molar-refractivity contribution in [2.75, 3.05) is 66.1 Å². The Labute approximate surface area is 461 Å². The molecule has 0 aromatic heterocycles. The van der Waals surface area contributed by atoms with Gasteiger partial charge in [-0.3, -0.25) is 22.8 Å². The van der Waals surface area contributed by atoms with Crippen LogP contribution in [0.2, 0.25) is 0 Å². The summed E-state index contributed by atoms with van der Waals surface area (Å²) in [5.74, 6) is 0. The topological polar surface area (TPSA) is 178 Å². The van der Waals surface area contributed by atoms with Crippen molar-refractivity contribution < 1.29 is 68.1 Å². The van der Waals surface area contributed by atoms with E-state index in [0.717, 1.165) is 103 Å². The first-order chi connectivity index (χ1) is 36.0. The first-order valence-corrected chi connectivity index (χ1v) is 38.5. The van der Waals surface area contributed by atoms with Crippen molar-refractivity contribution in [1.82, 2.24) is 0 Å². The van der Waals surface area contributed by atoms with E-state index in [9.17, 15) is 9.13 Å². The number of hydrogen-bond donors (Lipinski definition) is 0. The average Bonchev–Trinajstić information content (AvgIpc) is 3.38. The number of rotatable bonds is 57. The smallest absolute Gasteiger partial charge is 0.308 e. The van der Waals surface area contributed by atoms with Gasteiger partial charge >= 0.3 is 38.0 Å². The van der Waals surface area contributed by atoms with Crippen molar-refractivity contribution in [2.45, 2.75) is 291 Å². The van der Waals surface area contributed by atoms with Crippen LogP contribution in [0, 0.1) is 0 Å².